The molecule has 0 aliphatic carbocycles. The Morgan fingerprint density at radius 1 is 1.20 bits per heavy atom. The van der Waals surface area contributed by atoms with Gasteiger partial charge in [0.15, 0.2) is 0 Å². The second-order valence-corrected chi connectivity index (χ2v) is 5.89. The number of morpholine rings is 1. The smallest absolute Gasteiger partial charge is 0.141 e. The number of quaternary nitrogens is 1. The van der Waals surface area contributed by atoms with Crippen LogP contribution in [0.5, 0.6) is 5.75 Å². The summed E-state index contributed by atoms with van der Waals surface area (Å²) < 4.78 is 11.2. The lowest BCUT2D eigenvalue weighted by molar-refractivity contribution is -0.908. The fourth-order valence-electron chi connectivity index (χ4n) is 2.50. The maximum absolute atomic E-state index is 6.19. The number of nitrogens with one attached hydrogen (secondary N) is 1. The Morgan fingerprint density at radius 3 is 2.70 bits per heavy atom. The average molecular weight is 299 g/mol. The molecule has 0 amide bonds. The Balaban J connectivity index is 1.69. The van der Waals surface area contributed by atoms with E-state index in [1.807, 2.05) is 12.1 Å². The Hall–Kier alpha value is -0.770. The van der Waals surface area contributed by atoms with Gasteiger partial charge in [0.2, 0.25) is 0 Å². The van der Waals surface area contributed by atoms with Gasteiger partial charge in [-0.05, 0) is 43.9 Å². The van der Waals surface area contributed by atoms with Gasteiger partial charge in [0, 0.05) is 0 Å². The zero-order chi connectivity index (χ0) is 14.4. The van der Waals surface area contributed by atoms with Crippen molar-refractivity contribution in [3.8, 4) is 5.75 Å². The van der Waals surface area contributed by atoms with Gasteiger partial charge in [-0.1, -0.05) is 17.7 Å². The van der Waals surface area contributed by atoms with Crippen LogP contribution < -0.4 is 9.64 Å². The highest BCUT2D eigenvalue weighted by atomic mass is 35.5. The van der Waals surface area contributed by atoms with E-state index < -0.39 is 0 Å². The third-order valence-electron chi connectivity index (χ3n) is 4.00. The van der Waals surface area contributed by atoms with E-state index >= 15 is 0 Å². The van der Waals surface area contributed by atoms with Crippen LogP contribution in [0.4, 0.5) is 0 Å². The first-order valence-electron chi connectivity index (χ1n) is 7.48. The Morgan fingerprint density at radius 2 is 1.95 bits per heavy atom. The zero-order valence-corrected chi connectivity index (χ0v) is 13.3. The number of ether oxygens (including phenoxy) is 2. The molecule has 0 saturated carbocycles. The minimum atomic E-state index is 0.715. The van der Waals surface area contributed by atoms with Crippen LogP contribution in [0.25, 0.3) is 0 Å². The summed E-state index contributed by atoms with van der Waals surface area (Å²) in [6.45, 7) is 10.2. The summed E-state index contributed by atoms with van der Waals surface area (Å²) in [5, 5.41) is 0.715. The van der Waals surface area contributed by atoms with E-state index in [1.165, 1.54) is 18.5 Å². The van der Waals surface area contributed by atoms with Crippen molar-refractivity contribution in [3.05, 3.63) is 28.3 Å². The second-order valence-electron chi connectivity index (χ2n) is 5.49. The molecule has 1 heterocycles. The summed E-state index contributed by atoms with van der Waals surface area (Å²) in [6, 6.07) is 3.95. The van der Waals surface area contributed by atoms with Crippen LogP contribution in [0.3, 0.4) is 0 Å². The van der Waals surface area contributed by atoms with Crippen molar-refractivity contribution in [2.24, 2.45) is 0 Å². The van der Waals surface area contributed by atoms with Crippen molar-refractivity contribution in [2.45, 2.75) is 26.7 Å². The number of hydrogen-bond donors (Lipinski definition) is 1. The predicted octanol–water partition coefficient (Wildman–Crippen LogP) is 2.03. The summed E-state index contributed by atoms with van der Waals surface area (Å²) in [4.78, 5) is 1.65. The molecular formula is C16H25ClNO2+. The molecule has 0 unspecified atom stereocenters. The van der Waals surface area contributed by atoms with Gasteiger partial charge >= 0.3 is 0 Å². The zero-order valence-electron chi connectivity index (χ0n) is 12.5. The van der Waals surface area contributed by atoms with Crippen LogP contribution in [0, 0.1) is 13.8 Å². The summed E-state index contributed by atoms with van der Waals surface area (Å²) in [6.07, 6.45) is 2.27. The lowest BCUT2D eigenvalue weighted by Crippen LogP contribution is -3.14. The lowest BCUT2D eigenvalue weighted by Gasteiger charge is -2.23. The number of aryl methyl sites for hydroxylation is 1. The molecule has 1 aromatic rings. The van der Waals surface area contributed by atoms with Crippen molar-refractivity contribution in [1.29, 1.82) is 0 Å². The largest absolute Gasteiger partial charge is 0.492 e. The molecule has 1 aliphatic rings. The molecular weight excluding hydrogens is 274 g/mol. The van der Waals surface area contributed by atoms with Gasteiger partial charge in [-0.3, -0.25) is 0 Å². The monoisotopic (exact) mass is 298 g/mol. The third kappa shape index (κ3) is 4.37. The molecule has 4 heteroatoms. The van der Waals surface area contributed by atoms with Gasteiger partial charge < -0.3 is 14.4 Å². The fourth-order valence-corrected chi connectivity index (χ4v) is 2.75. The Kier molecular flexibility index (Phi) is 6.14. The molecule has 0 radical (unpaired) electrons. The van der Waals surface area contributed by atoms with E-state index in [2.05, 4.69) is 13.8 Å². The quantitative estimate of drug-likeness (QED) is 0.812. The lowest BCUT2D eigenvalue weighted by atomic mass is 10.1. The number of rotatable bonds is 6. The minimum Gasteiger partial charge on any atom is -0.492 e. The molecule has 3 nitrogen and oxygen atoms in total. The first-order chi connectivity index (χ1) is 9.68. The van der Waals surface area contributed by atoms with Gasteiger partial charge in [0.1, 0.15) is 18.8 Å². The molecule has 0 spiro atoms. The van der Waals surface area contributed by atoms with Crippen LogP contribution in [-0.2, 0) is 4.74 Å². The summed E-state index contributed by atoms with van der Waals surface area (Å²) in [7, 11) is 0. The molecule has 1 aliphatic heterocycles. The molecule has 1 saturated heterocycles. The molecule has 20 heavy (non-hydrogen) atoms. The predicted molar refractivity (Wildman–Crippen MR) is 82.0 cm³/mol. The van der Waals surface area contributed by atoms with Gasteiger partial charge in [-0.15, -0.1) is 0 Å². The molecule has 2 rings (SSSR count). The van der Waals surface area contributed by atoms with Crippen molar-refractivity contribution in [3.63, 3.8) is 0 Å². The van der Waals surface area contributed by atoms with Gasteiger partial charge in [0.05, 0.1) is 31.4 Å². The number of benzene rings is 1. The van der Waals surface area contributed by atoms with Crippen molar-refractivity contribution in [1.82, 2.24) is 0 Å². The highest BCUT2D eigenvalue weighted by Crippen LogP contribution is 2.30. The van der Waals surface area contributed by atoms with Gasteiger partial charge in [-0.2, -0.15) is 0 Å². The van der Waals surface area contributed by atoms with Crippen molar-refractivity contribution < 1.29 is 14.4 Å². The highest BCUT2D eigenvalue weighted by molar-refractivity contribution is 6.32. The van der Waals surface area contributed by atoms with E-state index in [1.54, 1.807) is 4.90 Å². The average Bonchev–Trinajstić information content (AvgIpc) is 2.47. The molecule has 1 aromatic carbocycles. The SMILES string of the molecule is Cc1ccc(Cl)c(OCCCC[NH+]2CCOCC2)c1C. The maximum atomic E-state index is 6.19. The van der Waals surface area contributed by atoms with Crippen LogP contribution in [0.1, 0.15) is 24.0 Å². The van der Waals surface area contributed by atoms with Gasteiger partial charge in [0.25, 0.3) is 0 Å². The molecule has 0 bridgehead atoms. The van der Waals surface area contributed by atoms with Crippen LogP contribution in [-0.4, -0.2) is 39.5 Å². The highest BCUT2D eigenvalue weighted by Gasteiger charge is 2.13. The molecule has 1 N–H and O–H groups in total. The first kappa shape index (κ1) is 15.6. The first-order valence-corrected chi connectivity index (χ1v) is 7.86. The molecule has 0 aromatic heterocycles. The Labute approximate surface area is 126 Å². The van der Waals surface area contributed by atoms with E-state index in [0.717, 1.165) is 50.6 Å². The Bertz CT molecular complexity index is 431. The molecule has 0 atom stereocenters. The number of halogens is 1. The van der Waals surface area contributed by atoms with E-state index in [-0.39, 0.29) is 0 Å². The fraction of sp³-hybridized carbons (Fsp3) is 0.625. The standard InChI is InChI=1S/C16H24ClNO2/c1-13-5-6-15(17)16(14(13)2)20-10-4-3-7-18-8-11-19-12-9-18/h5-6H,3-4,7-12H2,1-2H3/p+1. The van der Waals surface area contributed by atoms with Gasteiger partial charge in [-0.25, -0.2) is 0 Å². The van der Waals surface area contributed by atoms with E-state index in [9.17, 15) is 0 Å². The van der Waals surface area contributed by atoms with E-state index in [4.69, 9.17) is 21.1 Å². The normalized spacial score (nSPS) is 16.4. The second kappa shape index (κ2) is 7.87. The summed E-state index contributed by atoms with van der Waals surface area (Å²) in [5.41, 5.74) is 2.37. The molecule has 112 valence electrons. The van der Waals surface area contributed by atoms with Crippen molar-refractivity contribution in [2.75, 3.05) is 39.5 Å². The van der Waals surface area contributed by atoms with Crippen LogP contribution in [0.15, 0.2) is 12.1 Å². The summed E-state index contributed by atoms with van der Waals surface area (Å²) in [5.74, 6) is 0.852. The number of unbranched alkanes of at least 4 members (excludes halogenated alkanes) is 1. The number of hydrogen-bond acceptors (Lipinski definition) is 2. The summed E-state index contributed by atoms with van der Waals surface area (Å²) >= 11 is 6.19. The van der Waals surface area contributed by atoms with Crippen LogP contribution >= 0.6 is 11.6 Å². The topological polar surface area (TPSA) is 22.9 Å². The molecule has 1 fully saturated rings. The van der Waals surface area contributed by atoms with Crippen LogP contribution in [0.2, 0.25) is 5.02 Å². The van der Waals surface area contributed by atoms with E-state index in [0.29, 0.717) is 5.02 Å². The minimum absolute atomic E-state index is 0.715. The maximum Gasteiger partial charge on any atom is 0.141 e. The van der Waals surface area contributed by atoms with Crippen molar-refractivity contribution >= 4 is 11.6 Å². The third-order valence-corrected chi connectivity index (χ3v) is 4.30.